The molecule has 0 saturated carbocycles. The fraction of sp³-hybridized carbons (Fsp3) is 0.231. The van der Waals surface area contributed by atoms with Crippen molar-refractivity contribution in [1.29, 1.82) is 0 Å². The first-order chi connectivity index (χ1) is 8.40. The Hall–Kier alpha value is -2.17. The number of aryl methyl sites for hydroxylation is 3. The third-order valence-corrected chi connectivity index (χ3v) is 2.76. The van der Waals surface area contributed by atoms with E-state index < -0.39 is 5.97 Å². The summed E-state index contributed by atoms with van der Waals surface area (Å²) in [6.45, 7) is 3.47. The van der Waals surface area contributed by atoms with Gasteiger partial charge in [-0.2, -0.15) is 5.10 Å². The van der Waals surface area contributed by atoms with Gasteiger partial charge in [0.15, 0.2) is 5.69 Å². The van der Waals surface area contributed by atoms with Crippen LogP contribution in [-0.4, -0.2) is 20.9 Å². The Labute approximate surface area is 104 Å². The molecule has 18 heavy (non-hydrogen) atoms. The van der Waals surface area contributed by atoms with Gasteiger partial charge in [0.2, 0.25) is 0 Å². The van der Waals surface area contributed by atoms with Crippen molar-refractivity contribution in [3.63, 3.8) is 0 Å². The molecule has 0 bridgehead atoms. The maximum atomic E-state index is 13.4. The summed E-state index contributed by atoms with van der Waals surface area (Å²) in [5, 5.41) is 13.3. The maximum absolute atomic E-state index is 13.4. The summed E-state index contributed by atoms with van der Waals surface area (Å²) in [6, 6.07) is 4.47. The Morgan fingerprint density at radius 2 is 2.00 bits per heavy atom. The van der Waals surface area contributed by atoms with E-state index in [1.165, 1.54) is 16.8 Å². The molecule has 4 nitrogen and oxygen atoms in total. The van der Waals surface area contributed by atoms with Gasteiger partial charge in [-0.25, -0.2) is 9.18 Å². The molecule has 0 fully saturated rings. The SMILES string of the molecule is Cc1cc(F)cc(-c2c(C)nn(C)c2C(=O)O)c1. The third-order valence-electron chi connectivity index (χ3n) is 2.76. The van der Waals surface area contributed by atoms with Gasteiger partial charge in [0.05, 0.1) is 5.69 Å². The number of hydrogen-bond donors (Lipinski definition) is 1. The van der Waals surface area contributed by atoms with Crippen LogP contribution >= 0.6 is 0 Å². The molecule has 2 aromatic rings. The topological polar surface area (TPSA) is 55.1 Å². The zero-order chi connectivity index (χ0) is 13.4. The molecule has 1 heterocycles. The van der Waals surface area contributed by atoms with Gasteiger partial charge < -0.3 is 5.11 Å². The summed E-state index contributed by atoms with van der Waals surface area (Å²) >= 11 is 0. The van der Waals surface area contributed by atoms with Gasteiger partial charge in [0.1, 0.15) is 5.82 Å². The van der Waals surface area contributed by atoms with Crippen LogP contribution in [0.1, 0.15) is 21.7 Å². The standard InChI is InChI=1S/C13H13FN2O2/c1-7-4-9(6-10(14)5-7)11-8(2)15-16(3)12(11)13(17)18/h4-6H,1-3H3,(H,17,18). The van der Waals surface area contributed by atoms with Crippen LogP contribution in [0.15, 0.2) is 18.2 Å². The van der Waals surface area contributed by atoms with E-state index >= 15 is 0 Å². The van der Waals surface area contributed by atoms with E-state index in [-0.39, 0.29) is 11.5 Å². The lowest BCUT2D eigenvalue weighted by atomic mass is 10.0. The molecule has 2 rings (SSSR count). The van der Waals surface area contributed by atoms with E-state index in [0.29, 0.717) is 16.8 Å². The molecule has 0 spiro atoms. The Morgan fingerprint density at radius 1 is 1.33 bits per heavy atom. The van der Waals surface area contributed by atoms with E-state index in [2.05, 4.69) is 5.10 Å². The van der Waals surface area contributed by atoms with Gasteiger partial charge in [0.25, 0.3) is 0 Å². The molecule has 0 aliphatic rings. The minimum Gasteiger partial charge on any atom is -0.477 e. The molecule has 1 aromatic carbocycles. The van der Waals surface area contributed by atoms with Crippen molar-refractivity contribution in [3.8, 4) is 11.1 Å². The van der Waals surface area contributed by atoms with Gasteiger partial charge in [-0.05, 0) is 37.1 Å². The Kier molecular flexibility index (Phi) is 2.90. The van der Waals surface area contributed by atoms with E-state index in [4.69, 9.17) is 0 Å². The van der Waals surface area contributed by atoms with Crippen molar-refractivity contribution < 1.29 is 14.3 Å². The molecule has 0 atom stereocenters. The van der Waals surface area contributed by atoms with Crippen LogP contribution in [0.2, 0.25) is 0 Å². The lowest BCUT2D eigenvalue weighted by molar-refractivity contribution is 0.0686. The lowest BCUT2D eigenvalue weighted by Gasteiger charge is -2.04. The first kappa shape index (κ1) is 12.3. The average molecular weight is 248 g/mol. The van der Waals surface area contributed by atoms with Crippen LogP contribution in [-0.2, 0) is 7.05 Å². The number of aromatic nitrogens is 2. The van der Waals surface area contributed by atoms with E-state index in [0.717, 1.165) is 5.56 Å². The fourth-order valence-electron chi connectivity index (χ4n) is 2.13. The van der Waals surface area contributed by atoms with Crippen LogP contribution in [0.3, 0.4) is 0 Å². The highest BCUT2D eigenvalue weighted by molar-refractivity contribution is 5.95. The van der Waals surface area contributed by atoms with Gasteiger partial charge in [-0.3, -0.25) is 4.68 Å². The van der Waals surface area contributed by atoms with Crippen molar-refractivity contribution in [2.24, 2.45) is 7.05 Å². The van der Waals surface area contributed by atoms with Crippen molar-refractivity contribution in [2.45, 2.75) is 13.8 Å². The van der Waals surface area contributed by atoms with Crippen LogP contribution in [0.5, 0.6) is 0 Å². The number of hydrogen-bond acceptors (Lipinski definition) is 2. The smallest absolute Gasteiger partial charge is 0.354 e. The van der Waals surface area contributed by atoms with Gasteiger partial charge in [-0.1, -0.05) is 6.07 Å². The van der Waals surface area contributed by atoms with E-state index in [1.54, 1.807) is 27.0 Å². The second kappa shape index (κ2) is 4.25. The highest BCUT2D eigenvalue weighted by Gasteiger charge is 2.21. The lowest BCUT2D eigenvalue weighted by Crippen LogP contribution is -2.06. The zero-order valence-corrected chi connectivity index (χ0v) is 10.4. The van der Waals surface area contributed by atoms with Gasteiger partial charge in [-0.15, -0.1) is 0 Å². The molecule has 0 saturated heterocycles. The monoisotopic (exact) mass is 248 g/mol. The number of carbonyl (C=O) groups is 1. The Bertz CT molecular complexity index is 612. The second-order valence-electron chi connectivity index (χ2n) is 4.26. The molecule has 0 radical (unpaired) electrons. The molecule has 1 aromatic heterocycles. The molecule has 1 N–H and O–H groups in total. The number of carboxylic acid groups (broad SMARTS) is 1. The minimum absolute atomic E-state index is 0.0671. The highest BCUT2D eigenvalue weighted by atomic mass is 19.1. The maximum Gasteiger partial charge on any atom is 0.354 e. The second-order valence-corrected chi connectivity index (χ2v) is 4.26. The first-order valence-corrected chi connectivity index (χ1v) is 5.44. The van der Waals surface area contributed by atoms with Crippen LogP contribution in [0.25, 0.3) is 11.1 Å². The predicted octanol–water partition coefficient (Wildman–Crippen LogP) is 2.54. The van der Waals surface area contributed by atoms with Crippen molar-refractivity contribution in [2.75, 3.05) is 0 Å². The van der Waals surface area contributed by atoms with Crippen molar-refractivity contribution in [1.82, 2.24) is 9.78 Å². The molecular formula is C13H13FN2O2. The summed E-state index contributed by atoms with van der Waals surface area (Å²) in [5.41, 5.74) is 2.38. The van der Waals surface area contributed by atoms with E-state index in [1.807, 2.05) is 0 Å². The summed E-state index contributed by atoms with van der Waals surface area (Å²) in [4.78, 5) is 11.2. The quantitative estimate of drug-likeness (QED) is 0.888. The normalized spacial score (nSPS) is 10.7. The molecule has 0 amide bonds. The number of benzene rings is 1. The molecular weight excluding hydrogens is 235 g/mol. The Balaban J connectivity index is 2.74. The largest absolute Gasteiger partial charge is 0.477 e. The summed E-state index contributed by atoms with van der Waals surface area (Å²) in [6.07, 6.45) is 0. The van der Waals surface area contributed by atoms with Crippen molar-refractivity contribution >= 4 is 5.97 Å². The summed E-state index contributed by atoms with van der Waals surface area (Å²) in [5.74, 6) is -1.46. The van der Waals surface area contributed by atoms with Crippen molar-refractivity contribution in [3.05, 3.63) is 41.0 Å². The minimum atomic E-state index is -1.07. The van der Waals surface area contributed by atoms with Crippen LogP contribution in [0.4, 0.5) is 4.39 Å². The van der Waals surface area contributed by atoms with Crippen LogP contribution < -0.4 is 0 Å². The predicted molar refractivity (Wildman–Crippen MR) is 65.0 cm³/mol. The number of rotatable bonds is 2. The Morgan fingerprint density at radius 3 is 2.56 bits per heavy atom. The fourth-order valence-corrected chi connectivity index (χ4v) is 2.13. The molecule has 94 valence electrons. The highest BCUT2D eigenvalue weighted by Crippen LogP contribution is 2.28. The van der Waals surface area contributed by atoms with Gasteiger partial charge in [0, 0.05) is 12.6 Å². The third kappa shape index (κ3) is 1.99. The van der Waals surface area contributed by atoms with Crippen LogP contribution in [0, 0.1) is 19.7 Å². The summed E-state index contributed by atoms with van der Waals surface area (Å²) < 4.78 is 14.7. The molecule has 0 unspecified atom stereocenters. The number of halogens is 1. The number of nitrogens with zero attached hydrogens (tertiary/aromatic N) is 2. The molecule has 5 heteroatoms. The van der Waals surface area contributed by atoms with Gasteiger partial charge >= 0.3 is 5.97 Å². The zero-order valence-electron chi connectivity index (χ0n) is 10.4. The van der Waals surface area contributed by atoms with E-state index in [9.17, 15) is 14.3 Å². The number of aromatic carboxylic acids is 1. The average Bonchev–Trinajstić information content (AvgIpc) is 2.51. The molecule has 0 aliphatic heterocycles. The first-order valence-electron chi connectivity index (χ1n) is 5.44. The number of carboxylic acids is 1. The summed E-state index contributed by atoms with van der Waals surface area (Å²) in [7, 11) is 1.56. The molecule has 0 aliphatic carbocycles.